The number of benzene rings is 2. The van der Waals surface area contributed by atoms with Gasteiger partial charge in [0.2, 0.25) is 10.0 Å². The molecule has 0 aliphatic heterocycles. The number of methoxy groups -OCH3 is 1. The Hall–Kier alpha value is -2.01. The lowest BCUT2D eigenvalue weighted by Crippen LogP contribution is -2.29. The molecule has 21 heavy (non-hydrogen) atoms. The van der Waals surface area contributed by atoms with E-state index in [1.54, 1.807) is 18.2 Å². The second-order valence-electron chi connectivity index (χ2n) is 4.93. The summed E-state index contributed by atoms with van der Waals surface area (Å²) in [6, 6.07) is 14.9. The molecule has 0 amide bonds. The van der Waals surface area contributed by atoms with Crippen molar-refractivity contribution in [1.29, 1.82) is 0 Å². The third-order valence-corrected chi connectivity index (χ3v) is 4.29. The molecule has 0 aliphatic carbocycles. The number of ether oxygens (including phenoxy) is 1. The Balaban J connectivity index is 2.45. The molecular formula is C16H19NO3S. The van der Waals surface area contributed by atoms with E-state index in [4.69, 9.17) is 4.74 Å². The predicted octanol–water partition coefficient (Wildman–Crippen LogP) is 2.97. The van der Waals surface area contributed by atoms with Gasteiger partial charge in [-0.1, -0.05) is 42.0 Å². The van der Waals surface area contributed by atoms with E-state index >= 15 is 0 Å². The van der Waals surface area contributed by atoms with Gasteiger partial charge in [-0.3, -0.25) is 4.31 Å². The molecule has 112 valence electrons. The molecule has 0 N–H and O–H groups in total. The zero-order valence-corrected chi connectivity index (χ0v) is 13.2. The first-order chi connectivity index (χ1) is 9.91. The van der Waals surface area contributed by atoms with Crippen LogP contribution >= 0.6 is 0 Å². The highest BCUT2D eigenvalue weighted by atomic mass is 32.2. The van der Waals surface area contributed by atoms with E-state index < -0.39 is 10.0 Å². The monoisotopic (exact) mass is 305 g/mol. The molecule has 4 nitrogen and oxygen atoms in total. The molecule has 0 radical (unpaired) electrons. The summed E-state index contributed by atoms with van der Waals surface area (Å²) in [6.45, 7) is 2.26. The van der Waals surface area contributed by atoms with Gasteiger partial charge in [-0.05, 0) is 24.6 Å². The van der Waals surface area contributed by atoms with Crippen molar-refractivity contribution < 1.29 is 13.2 Å². The first-order valence-electron chi connectivity index (χ1n) is 6.58. The fourth-order valence-electron chi connectivity index (χ4n) is 2.19. The standard InChI is InChI=1S/C16H19NO3S/c1-13-7-6-8-14(11-13)12-17(21(3,18)19)15-9-4-5-10-16(15)20-2/h4-11H,12H2,1-3H3. The third kappa shape index (κ3) is 3.76. The molecule has 0 saturated heterocycles. The van der Waals surface area contributed by atoms with Crippen LogP contribution in [-0.4, -0.2) is 21.8 Å². The van der Waals surface area contributed by atoms with E-state index in [0.717, 1.165) is 11.1 Å². The maximum atomic E-state index is 12.2. The van der Waals surface area contributed by atoms with Crippen LogP contribution in [0.25, 0.3) is 0 Å². The molecule has 0 heterocycles. The normalized spacial score (nSPS) is 11.2. The Morgan fingerprint density at radius 2 is 1.81 bits per heavy atom. The lowest BCUT2D eigenvalue weighted by atomic mass is 10.1. The van der Waals surface area contributed by atoms with Crippen molar-refractivity contribution >= 4 is 15.7 Å². The fourth-order valence-corrected chi connectivity index (χ4v) is 3.08. The van der Waals surface area contributed by atoms with Gasteiger partial charge in [0.25, 0.3) is 0 Å². The molecular weight excluding hydrogens is 286 g/mol. The molecule has 0 saturated carbocycles. The summed E-state index contributed by atoms with van der Waals surface area (Å²) < 4.78 is 31.0. The highest BCUT2D eigenvalue weighted by Crippen LogP contribution is 2.30. The number of aryl methyl sites for hydroxylation is 1. The van der Waals surface area contributed by atoms with E-state index in [9.17, 15) is 8.42 Å². The molecule has 2 aromatic carbocycles. The predicted molar refractivity (Wildman–Crippen MR) is 85.2 cm³/mol. The minimum Gasteiger partial charge on any atom is -0.495 e. The Bertz CT molecular complexity index is 726. The van der Waals surface area contributed by atoms with Gasteiger partial charge in [-0.15, -0.1) is 0 Å². The van der Waals surface area contributed by atoms with Gasteiger partial charge in [-0.25, -0.2) is 8.42 Å². The zero-order valence-electron chi connectivity index (χ0n) is 12.4. The summed E-state index contributed by atoms with van der Waals surface area (Å²) in [5.74, 6) is 0.538. The van der Waals surface area contributed by atoms with Crippen LogP contribution in [0.5, 0.6) is 5.75 Å². The lowest BCUT2D eigenvalue weighted by molar-refractivity contribution is 0.415. The van der Waals surface area contributed by atoms with Crippen LogP contribution in [-0.2, 0) is 16.6 Å². The first kappa shape index (κ1) is 15.4. The van der Waals surface area contributed by atoms with Gasteiger partial charge in [0.1, 0.15) is 5.75 Å². The quantitative estimate of drug-likeness (QED) is 0.853. The van der Waals surface area contributed by atoms with Crippen molar-refractivity contribution in [2.24, 2.45) is 0 Å². The van der Waals surface area contributed by atoms with Crippen LogP contribution in [0.3, 0.4) is 0 Å². The molecule has 2 aromatic rings. The molecule has 0 unspecified atom stereocenters. The van der Waals surface area contributed by atoms with E-state index in [1.807, 2.05) is 37.3 Å². The van der Waals surface area contributed by atoms with Crippen LogP contribution in [0.4, 0.5) is 5.69 Å². The Morgan fingerprint density at radius 3 is 2.43 bits per heavy atom. The second kappa shape index (κ2) is 6.18. The lowest BCUT2D eigenvalue weighted by Gasteiger charge is -2.24. The van der Waals surface area contributed by atoms with Crippen LogP contribution in [0.15, 0.2) is 48.5 Å². The number of anilines is 1. The van der Waals surface area contributed by atoms with Crippen molar-refractivity contribution in [2.75, 3.05) is 17.7 Å². The average Bonchev–Trinajstić information content (AvgIpc) is 2.44. The molecule has 0 atom stereocenters. The Kier molecular flexibility index (Phi) is 4.53. The average molecular weight is 305 g/mol. The van der Waals surface area contributed by atoms with Crippen LogP contribution in [0.2, 0.25) is 0 Å². The SMILES string of the molecule is COc1ccccc1N(Cc1cccc(C)c1)S(C)(=O)=O. The van der Waals surface area contributed by atoms with Gasteiger partial charge >= 0.3 is 0 Å². The molecule has 2 rings (SSSR count). The number of para-hydroxylation sites is 2. The second-order valence-corrected chi connectivity index (χ2v) is 6.84. The van der Waals surface area contributed by atoms with Gasteiger partial charge < -0.3 is 4.74 Å². The maximum Gasteiger partial charge on any atom is 0.232 e. The summed E-state index contributed by atoms with van der Waals surface area (Å²) in [5.41, 5.74) is 2.58. The summed E-state index contributed by atoms with van der Waals surface area (Å²) in [5, 5.41) is 0. The highest BCUT2D eigenvalue weighted by molar-refractivity contribution is 7.92. The fraction of sp³-hybridized carbons (Fsp3) is 0.250. The van der Waals surface area contributed by atoms with E-state index in [0.29, 0.717) is 11.4 Å². The molecule has 0 aliphatic rings. The van der Waals surface area contributed by atoms with Crippen LogP contribution in [0, 0.1) is 6.92 Å². The van der Waals surface area contributed by atoms with Crippen molar-refractivity contribution in [3.05, 3.63) is 59.7 Å². The first-order valence-corrected chi connectivity index (χ1v) is 8.43. The summed E-state index contributed by atoms with van der Waals surface area (Å²) in [6.07, 6.45) is 1.20. The minimum atomic E-state index is -3.41. The highest BCUT2D eigenvalue weighted by Gasteiger charge is 2.21. The van der Waals surface area contributed by atoms with Gasteiger partial charge in [0.15, 0.2) is 0 Å². The van der Waals surface area contributed by atoms with Gasteiger partial charge in [0.05, 0.1) is 25.6 Å². The van der Waals surface area contributed by atoms with Crippen molar-refractivity contribution in [3.63, 3.8) is 0 Å². The zero-order chi connectivity index (χ0) is 15.5. The molecule has 0 spiro atoms. The summed E-state index contributed by atoms with van der Waals surface area (Å²) in [7, 11) is -1.87. The molecule has 0 bridgehead atoms. The summed E-state index contributed by atoms with van der Waals surface area (Å²) >= 11 is 0. The Labute approximate surface area is 126 Å². The molecule has 0 fully saturated rings. The molecule has 5 heteroatoms. The Morgan fingerprint density at radius 1 is 1.10 bits per heavy atom. The number of nitrogens with zero attached hydrogens (tertiary/aromatic N) is 1. The smallest absolute Gasteiger partial charge is 0.232 e. The number of sulfonamides is 1. The van der Waals surface area contributed by atoms with Gasteiger partial charge in [0, 0.05) is 0 Å². The van der Waals surface area contributed by atoms with Crippen LogP contribution in [0.1, 0.15) is 11.1 Å². The topological polar surface area (TPSA) is 46.6 Å². The number of hydrogen-bond donors (Lipinski definition) is 0. The largest absolute Gasteiger partial charge is 0.495 e. The van der Waals surface area contributed by atoms with Crippen molar-refractivity contribution in [3.8, 4) is 5.75 Å². The number of rotatable bonds is 5. The summed E-state index contributed by atoms with van der Waals surface area (Å²) in [4.78, 5) is 0. The third-order valence-electron chi connectivity index (χ3n) is 3.16. The molecule has 0 aromatic heterocycles. The van der Waals surface area contributed by atoms with Gasteiger partial charge in [-0.2, -0.15) is 0 Å². The van der Waals surface area contributed by atoms with Crippen molar-refractivity contribution in [1.82, 2.24) is 0 Å². The minimum absolute atomic E-state index is 0.279. The van der Waals surface area contributed by atoms with E-state index in [1.165, 1.54) is 17.7 Å². The maximum absolute atomic E-state index is 12.2. The van der Waals surface area contributed by atoms with Crippen LogP contribution < -0.4 is 9.04 Å². The van der Waals surface area contributed by atoms with E-state index in [2.05, 4.69) is 0 Å². The van der Waals surface area contributed by atoms with E-state index in [-0.39, 0.29) is 6.54 Å². The van der Waals surface area contributed by atoms with Crippen molar-refractivity contribution in [2.45, 2.75) is 13.5 Å². The number of hydrogen-bond acceptors (Lipinski definition) is 3.